The van der Waals surface area contributed by atoms with E-state index >= 15 is 0 Å². The quantitative estimate of drug-likeness (QED) is 0.368. The fourth-order valence-electron chi connectivity index (χ4n) is 1.10. The van der Waals surface area contributed by atoms with Crippen LogP contribution >= 0.6 is 0 Å². The molecule has 0 bridgehead atoms. The maximum atomic E-state index is 12.4. The number of pyridine rings is 1. The molecule has 1 aromatic rings. The number of rotatable bonds is 4. The topological polar surface area (TPSA) is 82.3 Å². The smallest absolute Gasteiger partial charge is 0.387 e. The van der Waals surface area contributed by atoms with E-state index in [9.17, 15) is 36.9 Å². The Labute approximate surface area is 101 Å². The molecular formula is C8H3F5N2O4. The molecule has 0 aromatic carbocycles. The Balaban J connectivity index is 3.44. The van der Waals surface area contributed by atoms with E-state index in [1.54, 1.807) is 0 Å². The van der Waals surface area contributed by atoms with E-state index in [4.69, 9.17) is 0 Å². The second-order valence-corrected chi connectivity index (χ2v) is 3.01. The molecule has 0 fully saturated rings. The first-order valence-corrected chi connectivity index (χ1v) is 4.34. The van der Waals surface area contributed by atoms with Crippen LogP contribution in [-0.2, 0) is 0 Å². The third-order valence-corrected chi connectivity index (χ3v) is 1.77. The molecule has 0 aliphatic heterocycles. The average Bonchev–Trinajstić information content (AvgIpc) is 2.25. The van der Waals surface area contributed by atoms with Crippen molar-refractivity contribution in [2.45, 2.75) is 12.8 Å². The number of halogens is 5. The zero-order chi connectivity index (χ0) is 14.8. The predicted molar refractivity (Wildman–Crippen MR) is 47.9 cm³/mol. The zero-order valence-corrected chi connectivity index (χ0v) is 8.65. The molecule has 1 aromatic heterocycles. The summed E-state index contributed by atoms with van der Waals surface area (Å²) in [6.45, 7) is 0. The van der Waals surface area contributed by atoms with Crippen LogP contribution in [0.25, 0.3) is 0 Å². The van der Waals surface area contributed by atoms with Crippen LogP contribution in [0.2, 0.25) is 0 Å². The van der Waals surface area contributed by atoms with Gasteiger partial charge in [0.1, 0.15) is 0 Å². The van der Waals surface area contributed by atoms with E-state index in [-0.39, 0.29) is 12.4 Å². The number of nitrogens with zero attached hydrogens (tertiary/aromatic N) is 2. The SMILES string of the molecule is O=Cc1cc([N+](=O)[O-])c(C(F)F)nc1OC(F)(F)F. The first-order valence-electron chi connectivity index (χ1n) is 4.34. The lowest BCUT2D eigenvalue weighted by molar-refractivity contribution is -0.386. The van der Waals surface area contributed by atoms with Gasteiger partial charge in [0.2, 0.25) is 5.88 Å². The largest absolute Gasteiger partial charge is 0.574 e. The van der Waals surface area contributed by atoms with Crippen LogP contribution in [-0.4, -0.2) is 22.6 Å². The first-order chi connectivity index (χ1) is 8.65. The molecule has 0 saturated heterocycles. The Morgan fingerprint density at radius 1 is 1.42 bits per heavy atom. The molecule has 0 aliphatic rings. The van der Waals surface area contributed by atoms with Gasteiger partial charge in [-0.3, -0.25) is 14.9 Å². The monoisotopic (exact) mass is 286 g/mol. The lowest BCUT2D eigenvalue weighted by Crippen LogP contribution is -2.19. The highest BCUT2D eigenvalue weighted by atomic mass is 19.4. The van der Waals surface area contributed by atoms with Gasteiger partial charge in [-0.1, -0.05) is 0 Å². The van der Waals surface area contributed by atoms with E-state index in [1.165, 1.54) is 0 Å². The number of carbonyl (C=O) groups excluding carboxylic acids is 1. The van der Waals surface area contributed by atoms with Crippen molar-refractivity contribution in [1.29, 1.82) is 0 Å². The maximum absolute atomic E-state index is 12.4. The summed E-state index contributed by atoms with van der Waals surface area (Å²) in [5.74, 6) is -1.47. The van der Waals surface area contributed by atoms with Gasteiger partial charge in [0.15, 0.2) is 12.0 Å². The van der Waals surface area contributed by atoms with Crippen molar-refractivity contribution < 1.29 is 36.4 Å². The normalized spacial score (nSPS) is 11.5. The summed E-state index contributed by atoms with van der Waals surface area (Å²) in [5, 5.41) is 10.4. The molecule has 6 nitrogen and oxygen atoms in total. The standard InChI is InChI=1S/C8H3F5N2O4/c9-6(10)5-4(15(17)18)1-3(2-16)7(14-5)19-8(11,12)13/h1-2,6H. The second kappa shape index (κ2) is 5.12. The van der Waals surface area contributed by atoms with Gasteiger partial charge in [0, 0.05) is 6.07 Å². The zero-order valence-electron chi connectivity index (χ0n) is 8.65. The van der Waals surface area contributed by atoms with E-state index in [2.05, 4.69) is 9.72 Å². The summed E-state index contributed by atoms with van der Waals surface area (Å²) in [5.41, 5.74) is -3.75. The Bertz CT molecular complexity index is 517. The molecular weight excluding hydrogens is 283 g/mol. The Morgan fingerprint density at radius 2 is 2.00 bits per heavy atom. The number of ether oxygens (including phenoxy) is 1. The van der Waals surface area contributed by atoms with Crippen LogP contribution in [0.5, 0.6) is 5.88 Å². The molecule has 0 radical (unpaired) electrons. The number of hydrogen-bond donors (Lipinski definition) is 0. The summed E-state index contributed by atoms with van der Waals surface area (Å²) in [7, 11) is 0. The molecule has 11 heteroatoms. The van der Waals surface area contributed by atoms with Crippen molar-refractivity contribution in [3.05, 3.63) is 27.4 Å². The van der Waals surface area contributed by atoms with Crippen molar-refractivity contribution in [3.63, 3.8) is 0 Å². The molecule has 0 atom stereocenters. The third-order valence-electron chi connectivity index (χ3n) is 1.77. The van der Waals surface area contributed by atoms with E-state index < -0.39 is 40.5 Å². The van der Waals surface area contributed by atoms with Crippen LogP contribution in [0.1, 0.15) is 22.5 Å². The molecule has 0 N–H and O–H groups in total. The average molecular weight is 286 g/mol. The van der Waals surface area contributed by atoms with Crippen molar-refractivity contribution in [2.75, 3.05) is 0 Å². The van der Waals surface area contributed by atoms with E-state index in [0.717, 1.165) is 0 Å². The number of hydrogen-bond acceptors (Lipinski definition) is 5. The Morgan fingerprint density at radius 3 is 2.37 bits per heavy atom. The predicted octanol–water partition coefficient (Wildman–Crippen LogP) is 2.64. The fraction of sp³-hybridized carbons (Fsp3) is 0.250. The van der Waals surface area contributed by atoms with Crippen molar-refractivity contribution >= 4 is 12.0 Å². The maximum Gasteiger partial charge on any atom is 0.574 e. The lowest BCUT2D eigenvalue weighted by Gasteiger charge is -2.11. The first kappa shape index (κ1) is 14.7. The van der Waals surface area contributed by atoms with Gasteiger partial charge in [0.25, 0.3) is 12.1 Å². The molecule has 0 aliphatic carbocycles. The van der Waals surface area contributed by atoms with Gasteiger partial charge in [-0.15, -0.1) is 13.2 Å². The highest BCUT2D eigenvalue weighted by Gasteiger charge is 2.35. The van der Waals surface area contributed by atoms with Gasteiger partial charge >= 0.3 is 6.36 Å². The summed E-state index contributed by atoms with van der Waals surface area (Å²) < 4.78 is 64.0. The molecule has 0 saturated carbocycles. The number of alkyl halides is 5. The fourth-order valence-corrected chi connectivity index (χ4v) is 1.10. The molecule has 0 spiro atoms. The van der Waals surface area contributed by atoms with Crippen molar-refractivity contribution in [2.24, 2.45) is 0 Å². The van der Waals surface area contributed by atoms with E-state index in [0.29, 0.717) is 0 Å². The Kier molecular flexibility index (Phi) is 3.97. The Hall–Kier alpha value is -2.33. The van der Waals surface area contributed by atoms with Gasteiger partial charge < -0.3 is 4.74 Å². The highest BCUT2D eigenvalue weighted by Crippen LogP contribution is 2.33. The number of carbonyl (C=O) groups is 1. The molecule has 19 heavy (non-hydrogen) atoms. The minimum absolute atomic E-state index is 0.226. The number of aldehydes is 1. The molecule has 104 valence electrons. The van der Waals surface area contributed by atoms with Gasteiger partial charge in [-0.2, -0.15) is 0 Å². The van der Waals surface area contributed by atoms with Crippen molar-refractivity contribution in [3.8, 4) is 5.88 Å². The summed E-state index contributed by atoms with van der Waals surface area (Å²) in [6, 6.07) is 0.239. The summed E-state index contributed by atoms with van der Waals surface area (Å²) in [6.07, 6.45) is -9.01. The van der Waals surface area contributed by atoms with Crippen LogP contribution < -0.4 is 4.74 Å². The number of aromatic nitrogens is 1. The molecule has 0 unspecified atom stereocenters. The highest BCUT2D eigenvalue weighted by molar-refractivity contribution is 5.79. The molecule has 0 amide bonds. The van der Waals surface area contributed by atoms with E-state index in [1.807, 2.05) is 0 Å². The van der Waals surface area contributed by atoms with Crippen LogP contribution in [0.3, 0.4) is 0 Å². The van der Waals surface area contributed by atoms with Crippen LogP contribution in [0.4, 0.5) is 27.6 Å². The number of nitro groups is 1. The van der Waals surface area contributed by atoms with Crippen molar-refractivity contribution in [1.82, 2.24) is 4.98 Å². The minimum atomic E-state index is -5.28. The molecule has 1 heterocycles. The minimum Gasteiger partial charge on any atom is -0.387 e. The second-order valence-electron chi connectivity index (χ2n) is 3.01. The third kappa shape index (κ3) is 3.56. The summed E-state index contributed by atoms with van der Waals surface area (Å²) >= 11 is 0. The van der Waals surface area contributed by atoms with Crippen LogP contribution in [0.15, 0.2) is 6.07 Å². The summed E-state index contributed by atoms with van der Waals surface area (Å²) in [4.78, 5) is 22.3. The molecule has 1 rings (SSSR count). The lowest BCUT2D eigenvalue weighted by atomic mass is 10.2. The van der Waals surface area contributed by atoms with Crippen LogP contribution in [0, 0.1) is 10.1 Å². The van der Waals surface area contributed by atoms with Gasteiger partial charge in [-0.05, 0) is 0 Å². The van der Waals surface area contributed by atoms with Gasteiger partial charge in [0.05, 0.1) is 10.5 Å². The van der Waals surface area contributed by atoms with Gasteiger partial charge in [-0.25, -0.2) is 13.8 Å².